The Bertz CT molecular complexity index is 699. The van der Waals surface area contributed by atoms with E-state index in [-0.39, 0.29) is 18.5 Å². The number of aliphatic hydroxyl groups is 1. The van der Waals surface area contributed by atoms with Crippen LogP contribution in [0.25, 0.3) is 0 Å². The van der Waals surface area contributed by atoms with E-state index in [9.17, 15) is 14.7 Å². The van der Waals surface area contributed by atoms with E-state index < -0.39 is 11.0 Å². The van der Waals surface area contributed by atoms with Gasteiger partial charge in [0.1, 0.15) is 0 Å². The number of nitrogens with one attached hydrogen (secondary N) is 1. The zero-order valence-corrected chi connectivity index (χ0v) is 14.6. The van der Waals surface area contributed by atoms with Crippen molar-refractivity contribution >= 4 is 17.6 Å². The molecule has 5 rings (SSSR count). The summed E-state index contributed by atoms with van der Waals surface area (Å²) in [5.74, 6) is 0.199. The highest BCUT2D eigenvalue weighted by Gasteiger charge is 2.60. The quantitative estimate of drug-likeness (QED) is 0.824. The Balaban J connectivity index is 1.38. The van der Waals surface area contributed by atoms with Crippen LogP contribution in [0.15, 0.2) is 24.3 Å². The lowest BCUT2D eigenvalue weighted by atomic mass is 9.48. The summed E-state index contributed by atoms with van der Waals surface area (Å²) in [6.07, 6.45) is 4.82. The van der Waals surface area contributed by atoms with Crippen molar-refractivity contribution in [3.8, 4) is 0 Å². The molecule has 25 heavy (non-hydrogen) atoms. The van der Waals surface area contributed by atoms with Crippen molar-refractivity contribution in [2.45, 2.75) is 51.0 Å². The number of aryl methyl sites for hydroxylation is 1. The molecule has 4 bridgehead atoms. The monoisotopic (exact) mass is 343 g/mol. The Morgan fingerprint density at radius 3 is 2.52 bits per heavy atom. The van der Waals surface area contributed by atoms with Crippen LogP contribution in [0.1, 0.15) is 44.1 Å². The van der Waals surface area contributed by atoms with E-state index >= 15 is 0 Å². The molecule has 4 aliphatic rings. The van der Waals surface area contributed by atoms with Gasteiger partial charge in [-0.25, -0.2) is 0 Å². The molecule has 0 aliphatic heterocycles. The maximum absolute atomic E-state index is 12.7. The van der Waals surface area contributed by atoms with E-state index in [1.54, 1.807) is 0 Å². The predicted molar refractivity (Wildman–Crippen MR) is 92.8 cm³/mol. The summed E-state index contributed by atoms with van der Waals surface area (Å²) in [5.41, 5.74) is 0.409. The molecule has 2 N–H and O–H groups in total. The second kappa shape index (κ2) is 5.84. The van der Waals surface area contributed by atoms with Crippen LogP contribution >= 0.6 is 0 Å². The van der Waals surface area contributed by atoms with E-state index in [0.717, 1.165) is 43.4 Å². The first kappa shape index (κ1) is 16.6. The highest BCUT2D eigenvalue weighted by Crippen LogP contribution is 2.61. The number of para-hydroxylation sites is 1. The van der Waals surface area contributed by atoms with Crippen LogP contribution < -0.4 is 5.32 Å². The lowest BCUT2D eigenvalue weighted by Gasteiger charge is -2.58. The van der Waals surface area contributed by atoms with E-state index in [4.69, 9.17) is 4.74 Å². The molecule has 0 radical (unpaired) electrons. The van der Waals surface area contributed by atoms with Crippen molar-refractivity contribution in [2.24, 2.45) is 17.3 Å². The molecule has 4 fully saturated rings. The molecule has 5 nitrogen and oxygen atoms in total. The molecule has 4 atom stereocenters. The van der Waals surface area contributed by atoms with Crippen molar-refractivity contribution in [1.82, 2.24) is 0 Å². The Hall–Kier alpha value is -1.88. The summed E-state index contributed by atoms with van der Waals surface area (Å²) in [4.78, 5) is 24.9. The van der Waals surface area contributed by atoms with Crippen molar-refractivity contribution in [3.05, 3.63) is 29.8 Å². The van der Waals surface area contributed by atoms with Gasteiger partial charge in [-0.3, -0.25) is 9.59 Å². The van der Waals surface area contributed by atoms with Gasteiger partial charge < -0.3 is 15.2 Å². The molecule has 0 spiro atoms. The van der Waals surface area contributed by atoms with Crippen molar-refractivity contribution in [3.63, 3.8) is 0 Å². The van der Waals surface area contributed by atoms with Crippen LogP contribution in [-0.2, 0) is 14.3 Å². The van der Waals surface area contributed by atoms with Gasteiger partial charge in [0.25, 0.3) is 5.91 Å². The largest absolute Gasteiger partial charge is 0.455 e. The van der Waals surface area contributed by atoms with Gasteiger partial charge in [-0.2, -0.15) is 0 Å². The molecule has 4 saturated carbocycles. The third kappa shape index (κ3) is 3.06. The molecular formula is C20H25NO4. The standard InChI is InChI=1S/C20H25NO4/c1-13-4-2-3-5-16(13)21-17(22)11-25-18(23)19-7-14-6-15(8-19)10-20(24,9-14)12-19/h2-5,14-15,24H,6-12H2,1H3,(H,21,22)/t14-,15+,19?,20?. The predicted octanol–water partition coefficient (Wildman–Crippen LogP) is 2.81. The third-order valence-corrected chi connectivity index (χ3v) is 6.22. The number of ether oxygens (including phenoxy) is 1. The average Bonchev–Trinajstić information content (AvgIpc) is 2.52. The fourth-order valence-electron chi connectivity index (χ4n) is 5.64. The van der Waals surface area contributed by atoms with Crippen LogP contribution in [0, 0.1) is 24.2 Å². The zero-order valence-electron chi connectivity index (χ0n) is 14.6. The fourth-order valence-corrected chi connectivity index (χ4v) is 5.64. The number of rotatable bonds is 4. The maximum atomic E-state index is 12.7. The summed E-state index contributed by atoms with van der Waals surface area (Å²) in [7, 11) is 0. The maximum Gasteiger partial charge on any atom is 0.312 e. The van der Waals surface area contributed by atoms with Gasteiger partial charge in [-0.05, 0) is 68.9 Å². The summed E-state index contributed by atoms with van der Waals surface area (Å²) < 4.78 is 5.38. The van der Waals surface area contributed by atoms with Crippen LogP contribution in [0.5, 0.6) is 0 Å². The molecule has 2 unspecified atom stereocenters. The summed E-state index contributed by atoms with van der Waals surface area (Å²) in [6.45, 7) is 1.64. The van der Waals surface area contributed by atoms with Crippen molar-refractivity contribution < 1.29 is 19.4 Å². The highest BCUT2D eigenvalue weighted by atomic mass is 16.5. The molecule has 1 amide bonds. The number of amides is 1. The van der Waals surface area contributed by atoms with E-state index in [1.165, 1.54) is 0 Å². The zero-order chi connectivity index (χ0) is 17.7. The molecule has 5 heteroatoms. The van der Waals surface area contributed by atoms with Gasteiger partial charge in [0.05, 0.1) is 11.0 Å². The van der Waals surface area contributed by atoms with Crippen LogP contribution in [0.3, 0.4) is 0 Å². The molecule has 134 valence electrons. The minimum absolute atomic E-state index is 0.275. The number of anilines is 1. The Kier molecular flexibility index (Phi) is 3.87. The van der Waals surface area contributed by atoms with Crippen LogP contribution in [0.4, 0.5) is 5.69 Å². The SMILES string of the molecule is Cc1ccccc1NC(=O)COC(=O)C12C[C@@H]3C[C@@H](CC(O)(C3)C1)C2. The second-order valence-electron chi connectivity index (χ2n) is 8.40. The lowest BCUT2D eigenvalue weighted by molar-refractivity contribution is -0.196. The summed E-state index contributed by atoms with van der Waals surface area (Å²) >= 11 is 0. The number of hydrogen-bond donors (Lipinski definition) is 2. The van der Waals surface area contributed by atoms with Crippen LogP contribution in [0.2, 0.25) is 0 Å². The van der Waals surface area contributed by atoms with Gasteiger partial charge >= 0.3 is 5.97 Å². The Morgan fingerprint density at radius 1 is 1.20 bits per heavy atom. The van der Waals surface area contributed by atoms with Crippen molar-refractivity contribution in [2.75, 3.05) is 11.9 Å². The summed E-state index contributed by atoms with van der Waals surface area (Å²) in [6, 6.07) is 7.49. The Morgan fingerprint density at radius 2 is 1.88 bits per heavy atom. The minimum atomic E-state index is -0.702. The van der Waals surface area contributed by atoms with E-state index in [2.05, 4.69) is 5.32 Å². The van der Waals surface area contributed by atoms with Gasteiger partial charge in [0, 0.05) is 5.69 Å². The van der Waals surface area contributed by atoms with E-state index in [1.807, 2.05) is 31.2 Å². The first-order chi connectivity index (χ1) is 11.9. The number of hydrogen-bond acceptors (Lipinski definition) is 4. The van der Waals surface area contributed by atoms with Crippen LogP contribution in [-0.4, -0.2) is 29.2 Å². The first-order valence-electron chi connectivity index (χ1n) is 9.13. The molecule has 4 aliphatic carbocycles. The average molecular weight is 343 g/mol. The number of esters is 1. The molecule has 1 aromatic carbocycles. The normalized spacial score (nSPS) is 35.4. The third-order valence-electron chi connectivity index (χ3n) is 6.22. The van der Waals surface area contributed by atoms with Gasteiger partial charge in [-0.1, -0.05) is 18.2 Å². The number of benzene rings is 1. The smallest absolute Gasteiger partial charge is 0.312 e. The Labute approximate surface area is 147 Å². The van der Waals surface area contributed by atoms with Crippen molar-refractivity contribution in [1.29, 1.82) is 0 Å². The summed E-state index contributed by atoms with van der Waals surface area (Å²) in [5, 5.41) is 13.5. The molecule has 0 heterocycles. The minimum Gasteiger partial charge on any atom is -0.455 e. The van der Waals surface area contributed by atoms with E-state index in [0.29, 0.717) is 18.3 Å². The number of carbonyl (C=O) groups excluding carboxylic acids is 2. The molecule has 0 saturated heterocycles. The highest BCUT2D eigenvalue weighted by molar-refractivity contribution is 5.93. The van der Waals surface area contributed by atoms with Gasteiger partial charge in [0.2, 0.25) is 0 Å². The number of carbonyl (C=O) groups is 2. The molecule has 1 aromatic rings. The molecular weight excluding hydrogens is 318 g/mol. The molecule has 0 aromatic heterocycles. The van der Waals surface area contributed by atoms with Gasteiger partial charge in [-0.15, -0.1) is 0 Å². The second-order valence-corrected chi connectivity index (χ2v) is 8.40. The lowest BCUT2D eigenvalue weighted by Crippen LogP contribution is -2.58. The first-order valence-corrected chi connectivity index (χ1v) is 9.13. The topological polar surface area (TPSA) is 75.6 Å². The fraction of sp³-hybridized carbons (Fsp3) is 0.600. The van der Waals surface area contributed by atoms with Gasteiger partial charge in [0.15, 0.2) is 6.61 Å².